The summed E-state index contributed by atoms with van der Waals surface area (Å²) in [5.74, 6) is 1.21. The summed E-state index contributed by atoms with van der Waals surface area (Å²) in [6.07, 6.45) is 0. The molecule has 0 aliphatic heterocycles. The maximum atomic E-state index is 9.43. The zero-order chi connectivity index (χ0) is 14.7. The largest absolute Gasteiger partial charge is 0.392 e. The van der Waals surface area contributed by atoms with Gasteiger partial charge >= 0.3 is 0 Å². The summed E-state index contributed by atoms with van der Waals surface area (Å²) in [6, 6.07) is 12.1. The summed E-state index contributed by atoms with van der Waals surface area (Å²) >= 11 is 0. The third-order valence-electron chi connectivity index (χ3n) is 3.49. The van der Waals surface area contributed by atoms with E-state index in [1.165, 1.54) is 5.56 Å². The first-order valence-electron chi connectivity index (χ1n) is 6.94. The van der Waals surface area contributed by atoms with Gasteiger partial charge in [-0.3, -0.25) is 0 Å². The van der Waals surface area contributed by atoms with E-state index in [-0.39, 0.29) is 6.61 Å². The van der Waals surface area contributed by atoms with Crippen LogP contribution in [0.4, 0.5) is 11.5 Å². The molecule has 0 spiro atoms. The molecule has 1 aromatic carbocycles. The molecule has 0 radical (unpaired) electrons. The second-order valence-electron chi connectivity index (χ2n) is 5.42. The van der Waals surface area contributed by atoms with Crippen LogP contribution in [0.3, 0.4) is 0 Å². The maximum Gasteiger partial charge on any atom is 0.133 e. The summed E-state index contributed by atoms with van der Waals surface area (Å²) in [4.78, 5) is 6.78. The number of anilines is 2. The minimum absolute atomic E-state index is 0.0385. The Bertz CT molecular complexity index is 593. The molecule has 3 heteroatoms. The summed E-state index contributed by atoms with van der Waals surface area (Å²) in [5, 5.41) is 9.43. The van der Waals surface area contributed by atoms with Crippen LogP contribution >= 0.6 is 0 Å². The van der Waals surface area contributed by atoms with Crippen LogP contribution in [0.25, 0.3) is 0 Å². The van der Waals surface area contributed by atoms with Gasteiger partial charge in [0.05, 0.1) is 6.61 Å². The molecule has 3 nitrogen and oxygen atoms in total. The van der Waals surface area contributed by atoms with E-state index in [1.807, 2.05) is 31.3 Å². The van der Waals surface area contributed by atoms with Crippen LogP contribution in [-0.4, -0.2) is 17.1 Å². The average Bonchev–Trinajstić information content (AvgIpc) is 2.46. The molecule has 2 aromatic rings. The van der Waals surface area contributed by atoms with Gasteiger partial charge in [-0.05, 0) is 42.2 Å². The molecule has 2 rings (SSSR count). The van der Waals surface area contributed by atoms with E-state index < -0.39 is 0 Å². The Morgan fingerprint density at radius 2 is 1.90 bits per heavy atom. The predicted octanol–water partition coefficient (Wildman–Crippen LogP) is 3.77. The molecular formula is C17H22N2O. The van der Waals surface area contributed by atoms with E-state index >= 15 is 0 Å². The number of para-hydroxylation sites is 1. The Morgan fingerprint density at radius 1 is 1.20 bits per heavy atom. The lowest BCUT2D eigenvalue weighted by molar-refractivity contribution is 0.281. The molecule has 106 valence electrons. The van der Waals surface area contributed by atoms with Gasteiger partial charge in [-0.1, -0.05) is 32.0 Å². The first-order chi connectivity index (χ1) is 9.52. The molecule has 0 amide bonds. The first kappa shape index (κ1) is 14.5. The highest BCUT2D eigenvalue weighted by molar-refractivity contribution is 5.63. The van der Waals surface area contributed by atoms with Crippen molar-refractivity contribution in [2.45, 2.75) is 33.3 Å². The molecule has 0 saturated carbocycles. The Balaban J connectivity index is 2.46. The smallest absolute Gasteiger partial charge is 0.133 e. The number of aromatic nitrogens is 1. The van der Waals surface area contributed by atoms with Crippen LogP contribution < -0.4 is 4.90 Å². The van der Waals surface area contributed by atoms with E-state index in [1.54, 1.807) is 0 Å². The van der Waals surface area contributed by atoms with Crippen molar-refractivity contribution < 1.29 is 5.11 Å². The number of hydrogen-bond acceptors (Lipinski definition) is 3. The Morgan fingerprint density at radius 3 is 2.50 bits per heavy atom. The van der Waals surface area contributed by atoms with Gasteiger partial charge in [0.15, 0.2) is 0 Å². The van der Waals surface area contributed by atoms with Crippen LogP contribution in [-0.2, 0) is 6.61 Å². The topological polar surface area (TPSA) is 36.4 Å². The molecule has 0 aliphatic carbocycles. The summed E-state index contributed by atoms with van der Waals surface area (Å²) in [6.45, 7) is 6.35. The van der Waals surface area contributed by atoms with Crippen molar-refractivity contribution in [3.63, 3.8) is 0 Å². The normalized spacial score (nSPS) is 10.9. The highest BCUT2D eigenvalue weighted by Gasteiger charge is 2.11. The third-order valence-corrected chi connectivity index (χ3v) is 3.49. The van der Waals surface area contributed by atoms with Gasteiger partial charge < -0.3 is 10.0 Å². The van der Waals surface area contributed by atoms with Crippen molar-refractivity contribution >= 4 is 11.5 Å². The van der Waals surface area contributed by atoms with E-state index in [2.05, 4.69) is 37.8 Å². The highest BCUT2D eigenvalue weighted by Crippen LogP contribution is 2.27. The Kier molecular flexibility index (Phi) is 4.40. The summed E-state index contributed by atoms with van der Waals surface area (Å²) in [5.41, 5.74) is 4.24. The Labute approximate surface area is 120 Å². The van der Waals surface area contributed by atoms with Crippen molar-refractivity contribution in [2.75, 3.05) is 11.9 Å². The number of pyridine rings is 1. The molecule has 0 fully saturated rings. The maximum absolute atomic E-state index is 9.43. The molecule has 0 unspecified atom stereocenters. The first-order valence-corrected chi connectivity index (χ1v) is 6.94. The molecule has 1 aromatic heterocycles. The summed E-state index contributed by atoms with van der Waals surface area (Å²) in [7, 11) is 2.01. The number of nitrogens with zero attached hydrogens (tertiary/aromatic N) is 2. The van der Waals surface area contributed by atoms with Gasteiger partial charge in [0.2, 0.25) is 0 Å². The minimum Gasteiger partial charge on any atom is -0.392 e. The van der Waals surface area contributed by atoms with Crippen LogP contribution in [0.1, 0.15) is 36.6 Å². The predicted molar refractivity (Wildman–Crippen MR) is 83.5 cm³/mol. The molecular weight excluding hydrogens is 248 g/mol. The van der Waals surface area contributed by atoms with E-state index in [9.17, 15) is 5.11 Å². The van der Waals surface area contributed by atoms with Gasteiger partial charge in [-0.25, -0.2) is 4.98 Å². The molecule has 0 aliphatic rings. The highest BCUT2D eigenvalue weighted by atomic mass is 16.3. The molecule has 20 heavy (non-hydrogen) atoms. The fourth-order valence-corrected chi connectivity index (χ4v) is 2.22. The SMILES string of the molecule is Cc1ccccc1N(C)c1cc(CO)cc(C(C)C)n1. The number of rotatable bonds is 4. The lowest BCUT2D eigenvalue weighted by atomic mass is 10.1. The second kappa shape index (κ2) is 6.06. The standard InChI is InChI=1S/C17H22N2O/c1-12(2)15-9-14(11-20)10-17(18-15)19(4)16-8-6-5-7-13(16)3/h5-10,12,20H,11H2,1-4H3. The van der Waals surface area contributed by atoms with Gasteiger partial charge in [0.1, 0.15) is 5.82 Å². The zero-order valence-electron chi connectivity index (χ0n) is 12.6. The zero-order valence-corrected chi connectivity index (χ0v) is 12.6. The Hall–Kier alpha value is -1.87. The number of aliphatic hydroxyl groups excluding tert-OH is 1. The minimum atomic E-state index is 0.0385. The van der Waals surface area contributed by atoms with Crippen molar-refractivity contribution in [3.8, 4) is 0 Å². The summed E-state index contributed by atoms with van der Waals surface area (Å²) < 4.78 is 0. The van der Waals surface area contributed by atoms with Crippen molar-refractivity contribution in [3.05, 3.63) is 53.2 Å². The van der Waals surface area contributed by atoms with Gasteiger partial charge in [0.25, 0.3) is 0 Å². The van der Waals surface area contributed by atoms with E-state index in [0.29, 0.717) is 5.92 Å². The van der Waals surface area contributed by atoms with Crippen LogP contribution in [0.5, 0.6) is 0 Å². The van der Waals surface area contributed by atoms with Gasteiger partial charge in [-0.2, -0.15) is 0 Å². The lowest BCUT2D eigenvalue weighted by Crippen LogP contribution is -2.14. The van der Waals surface area contributed by atoms with E-state index in [4.69, 9.17) is 4.98 Å². The molecule has 1 N–H and O–H groups in total. The van der Waals surface area contributed by atoms with Crippen molar-refractivity contribution in [1.29, 1.82) is 0 Å². The second-order valence-corrected chi connectivity index (χ2v) is 5.42. The van der Waals surface area contributed by atoms with Crippen LogP contribution in [0.2, 0.25) is 0 Å². The van der Waals surface area contributed by atoms with Crippen molar-refractivity contribution in [2.24, 2.45) is 0 Å². The molecule has 0 atom stereocenters. The average molecular weight is 270 g/mol. The van der Waals surface area contributed by atoms with E-state index in [0.717, 1.165) is 22.8 Å². The quantitative estimate of drug-likeness (QED) is 0.918. The molecule has 0 bridgehead atoms. The number of benzene rings is 1. The van der Waals surface area contributed by atoms with Gasteiger partial charge in [-0.15, -0.1) is 0 Å². The third kappa shape index (κ3) is 2.99. The fraction of sp³-hybridized carbons (Fsp3) is 0.353. The lowest BCUT2D eigenvalue weighted by Gasteiger charge is -2.22. The van der Waals surface area contributed by atoms with Gasteiger partial charge in [0, 0.05) is 18.4 Å². The fourth-order valence-electron chi connectivity index (χ4n) is 2.22. The van der Waals surface area contributed by atoms with Crippen molar-refractivity contribution in [1.82, 2.24) is 4.98 Å². The molecule has 0 saturated heterocycles. The van der Waals surface area contributed by atoms with Crippen LogP contribution in [0, 0.1) is 6.92 Å². The number of aliphatic hydroxyl groups is 1. The number of aryl methyl sites for hydroxylation is 1. The van der Waals surface area contributed by atoms with Crippen LogP contribution in [0.15, 0.2) is 36.4 Å². The number of hydrogen-bond donors (Lipinski definition) is 1. The molecule has 1 heterocycles. The monoisotopic (exact) mass is 270 g/mol.